The SMILES string of the molecule is O=C(NCCN1C(=O)CSC1=O)c1cc(Br)ccc1Cl. The molecule has 0 atom stereocenters. The summed E-state index contributed by atoms with van der Waals surface area (Å²) in [4.78, 5) is 35.8. The number of hydrogen-bond donors (Lipinski definition) is 1. The molecular formula is C12H10BrClN2O3S. The van der Waals surface area contributed by atoms with E-state index in [0.29, 0.717) is 10.6 Å². The summed E-state index contributed by atoms with van der Waals surface area (Å²) in [6.07, 6.45) is 0. The van der Waals surface area contributed by atoms with Gasteiger partial charge in [-0.2, -0.15) is 0 Å². The molecule has 1 fully saturated rings. The van der Waals surface area contributed by atoms with Gasteiger partial charge >= 0.3 is 0 Å². The van der Waals surface area contributed by atoms with E-state index in [1.807, 2.05) is 0 Å². The molecule has 0 unspecified atom stereocenters. The summed E-state index contributed by atoms with van der Waals surface area (Å²) in [5, 5.41) is 2.70. The zero-order valence-corrected chi connectivity index (χ0v) is 13.3. The summed E-state index contributed by atoms with van der Waals surface area (Å²) in [6.45, 7) is 0.363. The summed E-state index contributed by atoms with van der Waals surface area (Å²) >= 11 is 10.2. The first-order chi connectivity index (χ1) is 9.49. The fraction of sp³-hybridized carbons (Fsp3) is 0.250. The molecule has 5 nitrogen and oxygen atoms in total. The predicted molar refractivity (Wildman–Crippen MR) is 81.1 cm³/mol. The minimum atomic E-state index is -0.344. The molecule has 1 heterocycles. The summed E-state index contributed by atoms with van der Waals surface area (Å²) in [7, 11) is 0. The van der Waals surface area contributed by atoms with Crippen molar-refractivity contribution < 1.29 is 14.4 Å². The maximum absolute atomic E-state index is 11.9. The first kappa shape index (κ1) is 15.3. The van der Waals surface area contributed by atoms with Gasteiger partial charge in [0.1, 0.15) is 0 Å². The van der Waals surface area contributed by atoms with E-state index in [4.69, 9.17) is 11.6 Å². The number of amides is 3. The van der Waals surface area contributed by atoms with Crippen molar-refractivity contribution in [2.75, 3.05) is 18.8 Å². The van der Waals surface area contributed by atoms with E-state index in [9.17, 15) is 14.4 Å². The van der Waals surface area contributed by atoms with Crippen LogP contribution in [0.1, 0.15) is 10.4 Å². The molecule has 1 aromatic rings. The van der Waals surface area contributed by atoms with E-state index < -0.39 is 0 Å². The van der Waals surface area contributed by atoms with Gasteiger partial charge in [-0.05, 0) is 18.2 Å². The summed E-state index contributed by atoms with van der Waals surface area (Å²) in [6, 6.07) is 4.96. The van der Waals surface area contributed by atoms with Crippen LogP contribution in [0.5, 0.6) is 0 Å². The Morgan fingerprint density at radius 1 is 1.45 bits per heavy atom. The van der Waals surface area contributed by atoms with Crippen LogP contribution in [0, 0.1) is 0 Å². The van der Waals surface area contributed by atoms with Gasteiger partial charge in [-0.3, -0.25) is 19.3 Å². The van der Waals surface area contributed by atoms with Gasteiger partial charge in [0.15, 0.2) is 0 Å². The molecule has 0 radical (unpaired) electrons. The van der Waals surface area contributed by atoms with Gasteiger partial charge < -0.3 is 5.32 Å². The van der Waals surface area contributed by atoms with Crippen LogP contribution in [-0.4, -0.2) is 40.8 Å². The molecule has 0 aromatic heterocycles. The van der Waals surface area contributed by atoms with E-state index >= 15 is 0 Å². The van der Waals surface area contributed by atoms with E-state index in [1.54, 1.807) is 18.2 Å². The fourth-order valence-corrected chi connectivity index (χ4v) is 2.96. The van der Waals surface area contributed by atoms with Crippen LogP contribution in [0.4, 0.5) is 4.79 Å². The lowest BCUT2D eigenvalue weighted by atomic mass is 10.2. The summed E-state index contributed by atoms with van der Waals surface area (Å²) in [5.41, 5.74) is 0.342. The molecular weight excluding hydrogens is 368 g/mol. The molecule has 0 saturated carbocycles. The van der Waals surface area contributed by atoms with Gasteiger partial charge in [-0.15, -0.1) is 0 Å². The molecule has 106 valence electrons. The molecule has 1 aromatic carbocycles. The monoisotopic (exact) mass is 376 g/mol. The summed E-state index contributed by atoms with van der Waals surface area (Å²) < 4.78 is 0.744. The molecule has 8 heteroatoms. The first-order valence-corrected chi connectivity index (χ1v) is 7.85. The molecule has 1 aliphatic heterocycles. The second-order valence-corrected chi connectivity index (χ2v) is 6.23. The average Bonchev–Trinajstić information content (AvgIpc) is 2.73. The van der Waals surface area contributed by atoms with Crippen LogP contribution in [0.3, 0.4) is 0 Å². The van der Waals surface area contributed by atoms with E-state index in [-0.39, 0.29) is 35.9 Å². The Kier molecular flexibility index (Phi) is 5.06. The van der Waals surface area contributed by atoms with Crippen molar-refractivity contribution in [1.29, 1.82) is 0 Å². The fourth-order valence-electron chi connectivity index (χ4n) is 1.65. The second kappa shape index (κ2) is 6.60. The van der Waals surface area contributed by atoms with Crippen LogP contribution >= 0.6 is 39.3 Å². The zero-order chi connectivity index (χ0) is 14.7. The summed E-state index contributed by atoms with van der Waals surface area (Å²) in [5.74, 6) is -0.401. The average molecular weight is 378 g/mol. The highest BCUT2D eigenvalue weighted by Crippen LogP contribution is 2.21. The number of halogens is 2. The third-order valence-corrected chi connectivity index (χ3v) is 4.32. The molecule has 1 saturated heterocycles. The van der Waals surface area contributed by atoms with Crippen molar-refractivity contribution in [2.24, 2.45) is 0 Å². The number of carbonyl (C=O) groups is 3. The van der Waals surface area contributed by atoms with Crippen molar-refractivity contribution in [1.82, 2.24) is 10.2 Å². The Labute approximate surface area is 133 Å². The molecule has 3 amide bonds. The quantitative estimate of drug-likeness (QED) is 0.875. The van der Waals surface area contributed by atoms with Crippen molar-refractivity contribution in [3.8, 4) is 0 Å². The Balaban J connectivity index is 1.91. The minimum Gasteiger partial charge on any atom is -0.350 e. The lowest BCUT2D eigenvalue weighted by Gasteiger charge is -2.13. The van der Waals surface area contributed by atoms with Crippen molar-refractivity contribution in [3.63, 3.8) is 0 Å². The van der Waals surface area contributed by atoms with Crippen molar-refractivity contribution >= 4 is 56.3 Å². The Hall–Kier alpha value is -1.05. The largest absolute Gasteiger partial charge is 0.350 e. The number of thioether (sulfide) groups is 1. The molecule has 2 rings (SSSR count). The third kappa shape index (κ3) is 3.53. The highest BCUT2D eigenvalue weighted by molar-refractivity contribution is 9.10. The van der Waals surface area contributed by atoms with Gasteiger partial charge in [0.05, 0.1) is 16.3 Å². The van der Waals surface area contributed by atoms with Crippen molar-refractivity contribution in [2.45, 2.75) is 0 Å². The van der Waals surface area contributed by atoms with E-state index in [0.717, 1.165) is 21.1 Å². The van der Waals surface area contributed by atoms with E-state index in [2.05, 4.69) is 21.2 Å². The highest BCUT2D eigenvalue weighted by atomic mass is 79.9. The zero-order valence-electron chi connectivity index (χ0n) is 10.2. The topological polar surface area (TPSA) is 66.5 Å². The number of benzene rings is 1. The van der Waals surface area contributed by atoms with Crippen LogP contribution < -0.4 is 5.32 Å². The number of rotatable bonds is 4. The van der Waals surface area contributed by atoms with Gasteiger partial charge in [0.25, 0.3) is 11.1 Å². The van der Waals surface area contributed by atoms with Crippen LogP contribution in [0.2, 0.25) is 5.02 Å². The smallest absolute Gasteiger partial charge is 0.288 e. The van der Waals surface area contributed by atoms with E-state index in [1.165, 1.54) is 0 Å². The molecule has 20 heavy (non-hydrogen) atoms. The van der Waals surface area contributed by atoms with Gasteiger partial charge in [-0.1, -0.05) is 39.3 Å². The Morgan fingerprint density at radius 3 is 2.85 bits per heavy atom. The second-order valence-electron chi connectivity index (χ2n) is 3.98. The predicted octanol–water partition coefficient (Wildman–Crippen LogP) is 2.53. The maximum atomic E-state index is 11.9. The number of imide groups is 1. The number of nitrogens with zero attached hydrogens (tertiary/aromatic N) is 1. The van der Waals surface area contributed by atoms with Crippen LogP contribution in [-0.2, 0) is 4.79 Å². The molecule has 1 aliphatic rings. The molecule has 1 N–H and O–H groups in total. The van der Waals surface area contributed by atoms with Crippen molar-refractivity contribution in [3.05, 3.63) is 33.3 Å². The maximum Gasteiger partial charge on any atom is 0.288 e. The standard InChI is InChI=1S/C12H10BrClN2O3S/c13-7-1-2-9(14)8(5-7)11(18)15-3-4-16-10(17)6-20-12(16)19/h1-2,5H,3-4,6H2,(H,15,18). The van der Waals surface area contributed by atoms with Crippen LogP contribution in [0.15, 0.2) is 22.7 Å². The molecule has 0 spiro atoms. The number of hydrogen-bond acceptors (Lipinski definition) is 4. The molecule has 0 aliphatic carbocycles. The number of nitrogens with one attached hydrogen (secondary N) is 1. The Morgan fingerprint density at radius 2 is 2.20 bits per heavy atom. The van der Waals surface area contributed by atoms with Gasteiger partial charge in [-0.25, -0.2) is 0 Å². The lowest BCUT2D eigenvalue weighted by Crippen LogP contribution is -2.37. The first-order valence-electron chi connectivity index (χ1n) is 5.69. The number of carbonyl (C=O) groups excluding carboxylic acids is 3. The highest BCUT2D eigenvalue weighted by Gasteiger charge is 2.29. The van der Waals surface area contributed by atoms with Gasteiger partial charge in [0.2, 0.25) is 5.91 Å². The minimum absolute atomic E-state index is 0.169. The lowest BCUT2D eigenvalue weighted by molar-refractivity contribution is -0.124. The Bertz CT molecular complexity index is 566. The van der Waals surface area contributed by atoms with Gasteiger partial charge in [0, 0.05) is 17.6 Å². The molecule has 0 bridgehead atoms. The van der Waals surface area contributed by atoms with Crippen LogP contribution in [0.25, 0.3) is 0 Å². The normalized spacial score (nSPS) is 14.8. The third-order valence-electron chi connectivity index (χ3n) is 2.63.